The van der Waals surface area contributed by atoms with Crippen LogP contribution in [0.15, 0.2) is 77.8 Å². The smallest absolute Gasteiger partial charge is 0.233 e. The normalized spacial score (nSPS) is 14.3. The van der Waals surface area contributed by atoms with Gasteiger partial charge in [0.05, 0.1) is 19.4 Å². The Morgan fingerprint density at radius 3 is 2.62 bits per heavy atom. The predicted molar refractivity (Wildman–Crippen MR) is 131 cm³/mol. The molecule has 168 valence electrons. The van der Waals surface area contributed by atoms with Gasteiger partial charge >= 0.3 is 0 Å². The van der Waals surface area contributed by atoms with Crippen LogP contribution in [0.3, 0.4) is 0 Å². The fourth-order valence-corrected chi connectivity index (χ4v) is 5.25. The summed E-state index contributed by atoms with van der Waals surface area (Å²) in [6.07, 6.45) is 8.04. The zero-order valence-electron chi connectivity index (χ0n) is 18.8. The summed E-state index contributed by atoms with van der Waals surface area (Å²) in [5.41, 5.74) is 2.37. The number of ether oxygens (including phenoxy) is 1. The van der Waals surface area contributed by atoms with Crippen LogP contribution < -0.4 is 4.74 Å². The van der Waals surface area contributed by atoms with Gasteiger partial charge in [0.25, 0.3) is 0 Å². The van der Waals surface area contributed by atoms with E-state index in [4.69, 9.17) is 4.74 Å². The Labute approximate surface area is 195 Å². The van der Waals surface area contributed by atoms with Gasteiger partial charge in [0.15, 0.2) is 0 Å². The maximum absolute atomic E-state index is 13.4. The first-order valence-corrected chi connectivity index (χ1v) is 12.5. The Morgan fingerprint density at radius 1 is 1.03 bits per heavy atom. The molecule has 4 nitrogen and oxygen atoms in total. The zero-order chi connectivity index (χ0) is 22.2. The minimum atomic E-state index is 0.236. The maximum Gasteiger partial charge on any atom is 0.233 e. The number of amides is 1. The SMILES string of the molecule is COc1cccc(Cn2cccc2CN(C(=O)CSc2ccccc2)C2CCCCC2)c1. The number of hydrogen-bond donors (Lipinski definition) is 0. The summed E-state index contributed by atoms with van der Waals surface area (Å²) in [5, 5.41) is 0. The summed E-state index contributed by atoms with van der Waals surface area (Å²) in [6, 6.07) is 23.0. The van der Waals surface area contributed by atoms with E-state index in [1.54, 1.807) is 18.9 Å². The lowest BCUT2D eigenvalue weighted by Crippen LogP contribution is -2.42. The van der Waals surface area contributed by atoms with Crippen molar-refractivity contribution in [1.29, 1.82) is 0 Å². The highest BCUT2D eigenvalue weighted by Crippen LogP contribution is 2.27. The molecule has 3 aromatic rings. The molecule has 1 aromatic heterocycles. The Hall–Kier alpha value is -2.66. The molecule has 1 amide bonds. The molecule has 5 heteroatoms. The second-order valence-electron chi connectivity index (χ2n) is 8.39. The van der Waals surface area contributed by atoms with Crippen molar-refractivity contribution in [3.63, 3.8) is 0 Å². The third kappa shape index (κ3) is 5.98. The molecule has 1 fully saturated rings. The van der Waals surface area contributed by atoms with E-state index in [1.807, 2.05) is 30.3 Å². The molecule has 32 heavy (non-hydrogen) atoms. The molecule has 4 rings (SSSR count). The Bertz CT molecular complexity index is 996. The number of hydrogen-bond acceptors (Lipinski definition) is 3. The lowest BCUT2D eigenvalue weighted by molar-refractivity contribution is -0.132. The van der Waals surface area contributed by atoms with Crippen LogP contribution in [-0.4, -0.2) is 34.3 Å². The number of methoxy groups -OCH3 is 1. The monoisotopic (exact) mass is 448 g/mol. The van der Waals surface area contributed by atoms with Crippen LogP contribution in [0.4, 0.5) is 0 Å². The fourth-order valence-electron chi connectivity index (χ4n) is 4.45. The van der Waals surface area contributed by atoms with Gasteiger partial charge in [-0.05, 0) is 54.8 Å². The van der Waals surface area contributed by atoms with Crippen molar-refractivity contribution in [1.82, 2.24) is 9.47 Å². The quantitative estimate of drug-likeness (QED) is 0.377. The highest BCUT2D eigenvalue weighted by Gasteiger charge is 2.26. The first-order valence-electron chi connectivity index (χ1n) is 11.5. The number of nitrogens with zero attached hydrogens (tertiary/aromatic N) is 2. The third-order valence-corrected chi connectivity index (χ3v) is 7.18. The predicted octanol–water partition coefficient (Wildman–Crippen LogP) is 6.00. The molecule has 0 saturated heterocycles. The molecule has 1 aliphatic rings. The molecular weight excluding hydrogens is 416 g/mol. The van der Waals surface area contributed by atoms with Gasteiger partial charge < -0.3 is 14.2 Å². The van der Waals surface area contributed by atoms with E-state index in [1.165, 1.54) is 30.5 Å². The van der Waals surface area contributed by atoms with E-state index in [0.29, 0.717) is 18.3 Å². The van der Waals surface area contributed by atoms with Crippen LogP contribution in [0.2, 0.25) is 0 Å². The standard InChI is InChI=1S/C27H32N2O2S/c1-31-25-14-8-10-22(18-25)19-28-17-9-13-24(28)20-29(23-11-4-2-5-12-23)27(30)21-32-26-15-6-3-7-16-26/h3,6-10,13-18,23H,2,4-5,11-12,19-21H2,1H3. The molecule has 0 bridgehead atoms. The molecule has 0 unspecified atom stereocenters. The van der Waals surface area contributed by atoms with Crippen molar-refractivity contribution in [2.24, 2.45) is 0 Å². The average molecular weight is 449 g/mol. The number of carbonyl (C=O) groups is 1. The van der Waals surface area contributed by atoms with Gasteiger partial charge in [0.1, 0.15) is 5.75 Å². The van der Waals surface area contributed by atoms with Crippen molar-refractivity contribution >= 4 is 17.7 Å². The van der Waals surface area contributed by atoms with Crippen LogP contribution in [0, 0.1) is 0 Å². The highest BCUT2D eigenvalue weighted by molar-refractivity contribution is 8.00. The molecule has 1 heterocycles. The Balaban J connectivity index is 1.48. The van der Waals surface area contributed by atoms with Gasteiger partial charge in [-0.25, -0.2) is 0 Å². The number of carbonyl (C=O) groups excluding carboxylic acids is 1. The highest BCUT2D eigenvalue weighted by atomic mass is 32.2. The van der Waals surface area contributed by atoms with E-state index in [9.17, 15) is 4.79 Å². The summed E-state index contributed by atoms with van der Waals surface area (Å²) < 4.78 is 7.63. The number of aromatic nitrogens is 1. The molecule has 0 N–H and O–H groups in total. The van der Waals surface area contributed by atoms with Crippen molar-refractivity contribution in [3.8, 4) is 5.75 Å². The van der Waals surface area contributed by atoms with Crippen molar-refractivity contribution in [2.75, 3.05) is 12.9 Å². The lowest BCUT2D eigenvalue weighted by atomic mass is 9.94. The van der Waals surface area contributed by atoms with Gasteiger partial charge in [-0.3, -0.25) is 4.79 Å². The van der Waals surface area contributed by atoms with Gasteiger partial charge in [0.2, 0.25) is 5.91 Å². The lowest BCUT2D eigenvalue weighted by Gasteiger charge is -2.34. The van der Waals surface area contributed by atoms with Crippen molar-refractivity contribution in [3.05, 3.63) is 84.2 Å². The second-order valence-corrected chi connectivity index (χ2v) is 9.44. The molecule has 0 atom stereocenters. The number of thioether (sulfide) groups is 1. The summed E-state index contributed by atoms with van der Waals surface area (Å²) in [4.78, 5) is 16.7. The van der Waals surface area contributed by atoms with E-state index in [-0.39, 0.29) is 5.91 Å². The number of rotatable bonds is 9. The van der Waals surface area contributed by atoms with E-state index >= 15 is 0 Å². The molecule has 0 aliphatic heterocycles. The minimum Gasteiger partial charge on any atom is -0.497 e. The Kier molecular flexibility index (Phi) is 7.94. The van der Waals surface area contributed by atoms with Gasteiger partial charge in [-0.2, -0.15) is 0 Å². The molecule has 0 spiro atoms. The average Bonchev–Trinajstić information content (AvgIpc) is 3.28. The van der Waals surface area contributed by atoms with Gasteiger partial charge in [0, 0.05) is 29.4 Å². The largest absolute Gasteiger partial charge is 0.497 e. The van der Waals surface area contributed by atoms with Crippen molar-refractivity contribution < 1.29 is 9.53 Å². The molecule has 1 saturated carbocycles. The van der Waals surface area contributed by atoms with E-state index in [2.05, 4.69) is 52.1 Å². The Morgan fingerprint density at radius 2 is 1.84 bits per heavy atom. The van der Waals surface area contributed by atoms with E-state index < -0.39 is 0 Å². The van der Waals surface area contributed by atoms with Crippen LogP contribution >= 0.6 is 11.8 Å². The minimum absolute atomic E-state index is 0.236. The first kappa shape index (κ1) is 22.5. The van der Waals surface area contributed by atoms with E-state index in [0.717, 1.165) is 30.0 Å². The van der Waals surface area contributed by atoms with Crippen molar-refractivity contribution in [2.45, 2.75) is 56.1 Å². The number of benzene rings is 2. The maximum atomic E-state index is 13.4. The molecular formula is C27H32N2O2S. The fraction of sp³-hybridized carbons (Fsp3) is 0.370. The second kappa shape index (κ2) is 11.3. The third-order valence-electron chi connectivity index (χ3n) is 6.18. The summed E-state index contributed by atoms with van der Waals surface area (Å²) in [6.45, 7) is 1.43. The van der Waals surface area contributed by atoms with Crippen LogP contribution in [0.25, 0.3) is 0 Å². The summed E-state index contributed by atoms with van der Waals surface area (Å²) >= 11 is 1.63. The molecule has 1 aliphatic carbocycles. The van der Waals surface area contributed by atoms with Gasteiger partial charge in [-0.1, -0.05) is 49.6 Å². The summed E-state index contributed by atoms with van der Waals surface area (Å²) in [7, 11) is 1.70. The topological polar surface area (TPSA) is 34.5 Å². The van der Waals surface area contributed by atoms with Crippen LogP contribution in [0.5, 0.6) is 5.75 Å². The van der Waals surface area contributed by atoms with Gasteiger partial charge in [-0.15, -0.1) is 11.8 Å². The van der Waals surface area contributed by atoms with Crippen LogP contribution in [0.1, 0.15) is 43.4 Å². The summed E-state index contributed by atoms with van der Waals surface area (Å²) in [5.74, 6) is 1.59. The molecule has 0 radical (unpaired) electrons. The first-order chi connectivity index (χ1) is 15.7. The zero-order valence-corrected chi connectivity index (χ0v) is 19.6. The molecule has 2 aromatic carbocycles. The van der Waals surface area contributed by atoms with Crippen LogP contribution in [-0.2, 0) is 17.9 Å².